The number of carboxylic acid groups (broad SMARTS) is 1. The lowest BCUT2D eigenvalue weighted by Gasteiger charge is -2.17. The van der Waals surface area contributed by atoms with Crippen LogP contribution in [0, 0.1) is 0 Å². The summed E-state index contributed by atoms with van der Waals surface area (Å²) in [7, 11) is 0. The van der Waals surface area contributed by atoms with Crippen LogP contribution in [0.4, 0.5) is 0 Å². The van der Waals surface area contributed by atoms with E-state index in [4.69, 9.17) is 19.3 Å². The fourth-order valence-corrected chi connectivity index (χ4v) is 2.81. The maximum Gasteiger partial charge on any atom is 0.341 e. The van der Waals surface area contributed by atoms with Crippen LogP contribution in [-0.4, -0.2) is 41.1 Å². The predicted molar refractivity (Wildman–Crippen MR) is 108 cm³/mol. The minimum absolute atomic E-state index is 0.0980. The molecule has 1 unspecified atom stereocenters. The van der Waals surface area contributed by atoms with Gasteiger partial charge in [-0.1, -0.05) is 13.3 Å². The maximum absolute atomic E-state index is 10.5. The Morgan fingerprint density at radius 3 is 2.21 bits per heavy atom. The molecule has 2 rings (SSSR count). The summed E-state index contributed by atoms with van der Waals surface area (Å²) in [4.78, 5) is 10.5. The highest BCUT2D eigenvalue weighted by atomic mass is 16.5. The largest absolute Gasteiger partial charge is 0.507 e. The van der Waals surface area contributed by atoms with Gasteiger partial charge in [-0.15, -0.1) is 0 Å². The Morgan fingerprint density at radius 1 is 1.00 bits per heavy atom. The number of hydrogen-bond acceptors (Lipinski definition) is 6. The fraction of sp³-hybridized carbons (Fsp3) is 0.409. The van der Waals surface area contributed by atoms with E-state index in [1.165, 1.54) is 0 Å². The van der Waals surface area contributed by atoms with Crippen LogP contribution < -0.4 is 14.2 Å². The molecule has 29 heavy (non-hydrogen) atoms. The Bertz CT molecular complexity index is 784. The van der Waals surface area contributed by atoms with Gasteiger partial charge in [-0.3, -0.25) is 0 Å². The van der Waals surface area contributed by atoms with E-state index in [-0.39, 0.29) is 12.4 Å². The molecule has 0 saturated heterocycles. The lowest BCUT2D eigenvalue weighted by atomic mass is 10.0. The highest BCUT2D eigenvalue weighted by molar-refractivity contribution is 5.68. The summed E-state index contributed by atoms with van der Waals surface area (Å²) >= 11 is 0. The van der Waals surface area contributed by atoms with Crippen molar-refractivity contribution in [1.29, 1.82) is 0 Å². The molecular formula is C22H28O7. The number of phenolic OH excluding ortho intramolecular Hbond substituents is 1. The summed E-state index contributed by atoms with van der Waals surface area (Å²) in [6.07, 6.45) is 1.41. The summed E-state index contributed by atoms with van der Waals surface area (Å²) in [6, 6.07) is 10.2. The molecule has 0 amide bonds. The number of hydrogen-bond donors (Lipinski definition) is 3. The van der Waals surface area contributed by atoms with E-state index >= 15 is 0 Å². The van der Waals surface area contributed by atoms with Crippen LogP contribution >= 0.6 is 0 Å². The Kier molecular flexibility index (Phi) is 8.61. The molecule has 2 aromatic carbocycles. The first-order valence-electron chi connectivity index (χ1n) is 9.65. The third-order valence-corrected chi connectivity index (χ3v) is 4.22. The second-order valence-electron chi connectivity index (χ2n) is 6.61. The number of carboxylic acids is 1. The molecule has 0 radical (unpaired) electrons. The first kappa shape index (κ1) is 22.4. The van der Waals surface area contributed by atoms with Crippen molar-refractivity contribution in [3.8, 4) is 23.0 Å². The molecule has 0 aliphatic carbocycles. The van der Waals surface area contributed by atoms with Crippen molar-refractivity contribution in [2.24, 2.45) is 0 Å². The number of aromatic hydroxyl groups is 1. The SMILES string of the molecule is CCCc1c(OCCCOc2ccc(OCC(=O)O)cc2)ccc(C(C)O)c1O. The van der Waals surface area contributed by atoms with Gasteiger partial charge in [0.1, 0.15) is 23.0 Å². The number of benzene rings is 2. The molecule has 0 saturated carbocycles. The Hall–Kier alpha value is -2.93. The Morgan fingerprint density at radius 2 is 1.62 bits per heavy atom. The summed E-state index contributed by atoms with van der Waals surface area (Å²) in [5.74, 6) is 0.806. The van der Waals surface area contributed by atoms with Gasteiger partial charge in [0, 0.05) is 17.5 Å². The lowest BCUT2D eigenvalue weighted by molar-refractivity contribution is -0.139. The average Bonchev–Trinajstić information content (AvgIpc) is 2.69. The number of phenols is 1. The highest BCUT2D eigenvalue weighted by Gasteiger charge is 2.16. The minimum Gasteiger partial charge on any atom is -0.507 e. The molecule has 0 bridgehead atoms. The van der Waals surface area contributed by atoms with E-state index in [1.54, 1.807) is 43.3 Å². The molecule has 0 aliphatic heterocycles. The first-order valence-corrected chi connectivity index (χ1v) is 9.65. The molecule has 7 nitrogen and oxygen atoms in total. The lowest BCUT2D eigenvalue weighted by Crippen LogP contribution is -2.09. The summed E-state index contributed by atoms with van der Waals surface area (Å²) in [5.41, 5.74) is 1.21. The number of carbonyl (C=O) groups is 1. The van der Waals surface area contributed by atoms with Gasteiger partial charge in [-0.2, -0.15) is 0 Å². The molecule has 0 aliphatic rings. The number of aliphatic hydroxyl groups is 1. The summed E-state index contributed by atoms with van der Waals surface area (Å²) in [5, 5.41) is 28.8. The standard InChI is InChI=1S/C22H28O7/c1-3-5-19-20(11-10-18(15(2)23)22(19)26)28-13-4-12-27-16-6-8-17(9-7-16)29-14-21(24)25/h6-11,15,23,26H,3-5,12-14H2,1-2H3,(H,24,25). The van der Waals surface area contributed by atoms with E-state index in [9.17, 15) is 15.0 Å². The zero-order chi connectivity index (χ0) is 21.2. The van der Waals surface area contributed by atoms with Gasteiger partial charge < -0.3 is 29.5 Å². The van der Waals surface area contributed by atoms with Gasteiger partial charge in [0.25, 0.3) is 0 Å². The van der Waals surface area contributed by atoms with Gasteiger partial charge in [0.05, 0.1) is 19.3 Å². The van der Waals surface area contributed by atoms with Crippen molar-refractivity contribution in [1.82, 2.24) is 0 Å². The van der Waals surface area contributed by atoms with Crippen molar-refractivity contribution < 1.29 is 34.3 Å². The smallest absolute Gasteiger partial charge is 0.341 e. The molecule has 0 spiro atoms. The average molecular weight is 404 g/mol. The van der Waals surface area contributed by atoms with E-state index in [1.807, 2.05) is 6.92 Å². The van der Waals surface area contributed by atoms with Crippen molar-refractivity contribution in [3.05, 3.63) is 47.5 Å². The second kappa shape index (κ2) is 11.2. The van der Waals surface area contributed by atoms with E-state index in [2.05, 4.69) is 0 Å². The number of aliphatic hydroxyl groups excluding tert-OH is 1. The Labute approximate surface area is 170 Å². The molecule has 0 fully saturated rings. The van der Waals surface area contributed by atoms with Gasteiger partial charge in [-0.05, 0) is 49.7 Å². The van der Waals surface area contributed by atoms with Crippen LogP contribution in [0.1, 0.15) is 43.9 Å². The van der Waals surface area contributed by atoms with Crippen molar-refractivity contribution in [3.63, 3.8) is 0 Å². The topological polar surface area (TPSA) is 105 Å². The van der Waals surface area contributed by atoms with Gasteiger partial charge >= 0.3 is 5.97 Å². The van der Waals surface area contributed by atoms with Gasteiger partial charge in [0.2, 0.25) is 0 Å². The van der Waals surface area contributed by atoms with E-state index in [0.29, 0.717) is 54.4 Å². The number of ether oxygens (including phenoxy) is 3. The predicted octanol–water partition coefficient (Wildman–Crippen LogP) is 3.71. The second-order valence-corrected chi connectivity index (χ2v) is 6.61. The van der Waals surface area contributed by atoms with Gasteiger partial charge in [-0.25, -0.2) is 4.79 Å². The Balaban J connectivity index is 1.81. The van der Waals surface area contributed by atoms with Crippen molar-refractivity contribution >= 4 is 5.97 Å². The highest BCUT2D eigenvalue weighted by Crippen LogP contribution is 2.35. The van der Waals surface area contributed by atoms with Gasteiger partial charge in [0.15, 0.2) is 6.61 Å². The van der Waals surface area contributed by atoms with Crippen LogP contribution in [-0.2, 0) is 11.2 Å². The normalized spacial score (nSPS) is 11.7. The molecule has 1 atom stereocenters. The molecule has 0 heterocycles. The van der Waals surface area contributed by atoms with Crippen LogP contribution in [0.2, 0.25) is 0 Å². The van der Waals surface area contributed by atoms with Crippen molar-refractivity contribution in [2.45, 2.75) is 39.2 Å². The van der Waals surface area contributed by atoms with E-state index in [0.717, 1.165) is 6.42 Å². The monoisotopic (exact) mass is 404 g/mol. The quantitative estimate of drug-likeness (QED) is 0.463. The minimum atomic E-state index is -1.03. The molecule has 158 valence electrons. The molecule has 7 heteroatoms. The van der Waals surface area contributed by atoms with Crippen LogP contribution in [0.15, 0.2) is 36.4 Å². The molecule has 2 aromatic rings. The number of aliphatic carboxylic acids is 1. The fourth-order valence-electron chi connectivity index (χ4n) is 2.81. The van der Waals surface area contributed by atoms with Crippen LogP contribution in [0.5, 0.6) is 23.0 Å². The zero-order valence-electron chi connectivity index (χ0n) is 16.8. The zero-order valence-corrected chi connectivity index (χ0v) is 16.8. The first-order chi connectivity index (χ1) is 13.9. The molecule has 3 N–H and O–H groups in total. The third-order valence-electron chi connectivity index (χ3n) is 4.22. The summed E-state index contributed by atoms with van der Waals surface area (Å²) < 4.78 is 16.5. The summed E-state index contributed by atoms with van der Waals surface area (Å²) in [6.45, 7) is 4.11. The van der Waals surface area contributed by atoms with Crippen molar-refractivity contribution in [2.75, 3.05) is 19.8 Å². The number of rotatable bonds is 12. The van der Waals surface area contributed by atoms with E-state index < -0.39 is 12.1 Å². The third kappa shape index (κ3) is 6.87. The molecular weight excluding hydrogens is 376 g/mol. The van der Waals surface area contributed by atoms with Crippen LogP contribution in [0.25, 0.3) is 0 Å². The van der Waals surface area contributed by atoms with Crippen LogP contribution in [0.3, 0.4) is 0 Å². The molecule has 0 aromatic heterocycles. The maximum atomic E-state index is 10.5.